The number of nitrogens with one attached hydrogen (secondary N) is 1. The monoisotopic (exact) mass is 182 g/mol. The second-order valence-corrected chi connectivity index (χ2v) is 3.00. The van der Waals surface area contributed by atoms with E-state index in [4.69, 9.17) is 10.8 Å². The Morgan fingerprint density at radius 3 is 3.00 bits per heavy atom. The normalized spacial score (nSPS) is 12.5. The second kappa shape index (κ2) is 4.61. The molecule has 4 N–H and O–H groups in total. The van der Waals surface area contributed by atoms with E-state index < -0.39 is 0 Å². The third-order valence-electron chi connectivity index (χ3n) is 1.63. The molecule has 0 aromatic carbocycles. The molecule has 1 unspecified atom stereocenters. The van der Waals surface area contributed by atoms with Gasteiger partial charge in [0, 0.05) is 19.2 Å². The first kappa shape index (κ1) is 9.73. The topological polar surface area (TPSA) is 84.1 Å². The lowest BCUT2D eigenvalue weighted by Gasteiger charge is -2.09. The third-order valence-corrected chi connectivity index (χ3v) is 1.63. The summed E-state index contributed by atoms with van der Waals surface area (Å²) >= 11 is 0. The Kier molecular flexibility index (Phi) is 3.45. The van der Waals surface area contributed by atoms with Gasteiger partial charge in [0.2, 0.25) is 0 Å². The zero-order valence-electron chi connectivity index (χ0n) is 7.57. The van der Waals surface area contributed by atoms with Gasteiger partial charge < -0.3 is 16.2 Å². The number of anilines is 2. The molecule has 0 amide bonds. The van der Waals surface area contributed by atoms with E-state index in [1.54, 1.807) is 6.07 Å². The molecule has 0 saturated carbocycles. The average molecular weight is 182 g/mol. The van der Waals surface area contributed by atoms with Crippen molar-refractivity contribution in [1.29, 1.82) is 0 Å². The van der Waals surface area contributed by atoms with Crippen LogP contribution in [-0.4, -0.2) is 28.2 Å². The van der Waals surface area contributed by atoms with Crippen LogP contribution in [0.1, 0.15) is 6.92 Å². The molecule has 0 radical (unpaired) electrons. The molecule has 1 atom stereocenters. The van der Waals surface area contributed by atoms with E-state index in [-0.39, 0.29) is 12.5 Å². The standard InChI is InChI=1S/C8H14N4O/c1-6(4-13)3-10-8-2-7(9)11-5-12-8/h2,5-6,13H,3-4H2,1H3,(H3,9,10,11,12). The summed E-state index contributed by atoms with van der Waals surface area (Å²) in [6.07, 6.45) is 1.40. The van der Waals surface area contributed by atoms with Crippen molar-refractivity contribution in [3.05, 3.63) is 12.4 Å². The molecule has 72 valence electrons. The number of rotatable bonds is 4. The molecule has 1 aromatic rings. The van der Waals surface area contributed by atoms with Crippen molar-refractivity contribution in [3.8, 4) is 0 Å². The van der Waals surface area contributed by atoms with Gasteiger partial charge in [-0.25, -0.2) is 9.97 Å². The number of hydrogen-bond donors (Lipinski definition) is 3. The maximum atomic E-state index is 8.77. The molecule has 0 aliphatic carbocycles. The van der Waals surface area contributed by atoms with Gasteiger partial charge >= 0.3 is 0 Å². The van der Waals surface area contributed by atoms with E-state index in [0.29, 0.717) is 18.2 Å². The third kappa shape index (κ3) is 3.25. The van der Waals surface area contributed by atoms with Crippen LogP contribution < -0.4 is 11.1 Å². The van der Waals surface area contributed by atoms with Gasteiger partial charge in [-0.15, -0.1) is 0 Å². The first-order valence-electron chi connectivity index (χ1n) is 4.14. The van der Waals surface area contributed by atoms with Crippen molar-refractivity contribution in [1.82, 2.24) is 9.97 Å². The Bertz CT molecular complexity index is 266. The molecule has 0 spiro atoms. The Hall–Kier alpha value is -1.36. The van der Waals surface area contributed by atoms with E-state index in [2.05, 4.69) is 15.3 Å². The Morgan fingerprint density at radius 2 is 2.38 bits per heavy atom. The summed E-state index contributed by atoms with van der Waals surface area (Å²) in [5.41, 5.74) is 5.46. The van der Waals surface area contributed by atoms with Crippen molar-refractivity contribution < 1.29 is 5.11 Å². The van der Waals surface area contributed by atoms with Gasteiger partial charge in [-0.1, -0.05) is 6.92 Å². The highest BCUT2D eigenvalue weighted by atomic mass is 16.3. The van der Waals surface area contributed by atoms with Gasteiger partial charge in [0.15, 0.2) is 0 Å². The van der Waals surface area contributed by atoms with Crippen molar-refractivity contribution in [2.24, 2.45) is 5.92 Å². The van der Waals surface area contributed by atoms with Gasteiger partial charge in [-0.05, 0) is 5.92 Å². The molecule has 1 aromatic heterocycles. The zero-order valence-corrected chi connectivity index (χ0v) is 7.57. The molecule has 1 heterocycles. The molecule has 13 heavy (non-hydrogen) atoms. The summed E-state index contributed by atoms with van der Waals surface area (Å²) in [4.78, 5) is 7.73. The molecular formula is C8H14N4O. The predicted octanol–water partition coefficient (Wildman–Crippen LogP) is 0.0991. The zero-order chi connectivity index (χ0) is 9.68. The minimum absolute atomic E-state index is 0.160. The lowest BCUT2D eigenvalue weighted by atomic mass is 10.2. The Morgan fingerprint density at radius 1 is 1.62 bits per heavy atom. The van der Waals surface area contributed by atoms with Gasteiger partial charge in [0.05, 0.1) is 0 Å². The number of aliphatic hydroxyl groups excluding tert-OH is 1. The number of nitrogen functional groups attached to an aromatic ring is 1. The largest absolute Gasteiger partial charge is 0.396 e. The van der Waals surface area contributed by atoms with Crippen LogP contribution in [0, 0.1) is 5.92 Å². The van der Waals surface area contributed by atoms with Crippen LogP contribution >= 0.6 is 0 Å². The number of nitrogens with two attached hydrogens (primary N) is 1. The van der Waals surface area contributed by atoms with E-state index in [9.17, 15) is 0 Å². The average Bonchev–Trinajstić information content (AvgIpc) is 2.14. The fraction of sp³-hybridized carbons (Fsp3) is 0.500. The predicted molar refractivity (Wildman–Crippen MR) is 51.2 cm³/mol. The van der Waals surface area contributed by atoms with Crippen molar-refractivity contribution in [3.63, 3.8) is 0 Å². The highest BCUT2D eigenvalue weighted by Crippen LogP contribution is 2.05. The lowest BCUT2D eigenvalue weighted by molar-refractivity contribution is 0.244. The smallest absolute Gasteiger partial charge is 0.131 e. The summed E-state index contributed by atoms with van der Waals surface area (Å²) in [5, 5.41) is 11.8. The molecule has 0 bridgehead atoms. The minimum atomic E-state index is 0.160. The molecule has 0 saturated heterocycles. The first-order valence-corrected chi connectivity index (χ1v) is 4.14. The van der Waals surface area contributed by atoms with Gasteiger partial charge in [-0.2, -0.15) is 0 Å². The molecule has 0 aliphatic heterocycles. The molecule has 5 nitrogen and oxygen atoms in total. The highest BCUT2D eigenvalue weighted by Gasteiger charge is 2.00. The number of aromatic nitrogens is 2. The van der Waals surface area contributed by atoms with E-state index >= 15 is 0 Å². The van der Waals surface area contributed by atoms with Crippen molar-refractivity contribution >= 4 is 11.6 Å². The summed E-state index contributed by atoms with van der Waals surface area (Å²) in [5.74, 6) is 1.33. The van der Waals surface area contributed by atoms with Crippen LogP contribution in [0.15, 0.2) is 12.4 Å². The van der Waals surface area contributed by atoms with E-state index in [1.165, 1.54) is 6.33 Å². The first-order chi connectivity index (χ1) is 6.22. The van der Waals surface area contributed by atoms with Crippen LogP contribution in [-0.2, 0) is 0 Å². The summed E-state index contributed by atoms with van der Waals surface area (Å²) in [6, 6.07) is 1.66. The van der Waals surface area contributed by atoms with Crippen LogP contribution in [0.3, 0.4) is 0 Å². The number of hydrogen-bond acceptors (Lipinski definition) is 5. The summed E-state index contributed by atoms with van der Waals surface area (Å²) < 4.78 is 0. The maximum Gasteiger partial charge on any atom is 0.131 e. The maximum absolute atomic E-state index is 8.77. The fourth-order valence-corrected chi connectivity index (χ4v) is 0.812. The van der Waals surface area contributed by atoms with Crippen LogP contribution in [0.25, 0.3) is 0 Å². The molecular weight excluding hydrogens is 168 g/mol. The van der Waals surface area contributed by atoms with Gasteiger partial charge in [-0.3, -0.25) is 0 Å². The van der Waals surface area contributed by atoms with Crippen LogP contribution in [0.2, 0.25) is 0 Å². The molecule has 0 aliphatic rings. The highest BCUT2D eigenvalue weighted by molar-refractivity contribution is 5.43. The van der Waals surface area contributed by atoms with Crippen molar-refractivity contribution in [2.45, 2.75) is 6.92 Å². The lowest BCUT2D eigenvalue weighted by Crippen LogP contribution is -2.15. The second-order valence-electron chi connectivity index (χ2n) is 3.00. The van der Waals surface area contributed by atoms with Crippen molar-refractivity contribution in [2.75, 3.05) is 24.2 Å². The van der Waals surface area contributed by atoms with Crippen LogP contribution in [0.5, 0.6) is 0 Å². The Balaban J connectivity index is 2.45. The van der Waals surface area contributed by atoms with Crippen LogP contribution in [0.4, 0.5) is 11.6 Å². The van der Waals surface area contributed by atoms with E-state index in [0.717, 1.165) is 0 Å². The SMILES string of the molecule is CC(CO)CNc1cc(N)ncn1. The Labute approximate surface area is 77.0 Å². The van der Waals surface area contributed by atoms with E-state index in [1.807, 2.05) is 6.92 Å². The number of nitrogens with zero attached hydrogens (tertiary/aromatic N) is 2. The summed E-state index contributed by atoms with van der Waals surface area (Å²) in [6.45, 7) is 2.78. The van der Waals surface area contributed by atoms with Gasteiger partial charge in [0.1, 0.15) is 18.0 Å². The molecule has 0 fully saturated rings. The molecule has 1 rings (SSSR count). The van der Waals surface area contributed by atoms with Gasteiger partial charge in [0.25, 0.3) is 0 Å². The molecule has 5 heteroatoms. The quantitative estimate of drug-likeness (QED) is 0.615. The minimum Gasteiger partial charge on any atom is -0.396 e. The number of aliphatic hydroxyl groups is 1. The fourth-order valence-electron chi connectivity index (χ4n) is 0.812. The summed E-state index contributed by atoms with van der Waals surface area (Å²) in [7, 11) is 0.